The molecule has 0 aromatic heterocycles. The predicted octanol–water partition coefficient (Wildman–Crippen LogP) is 5.63. The summed E-state index contributed by atoms with van der Waals surface area (Å²) in [4.78, 5) is 16.8. The van der Waals surface area contributed by atoms with Gasteiger partial charge in [-0.05, 0) is 60.5 Å². The molecule has 0 bridgehead atoms. The Kier molecular flexibility index (Phi) is 5.46. The second kappa shape index (κ2) is 8.20. The number of esters is 1. The van der Waals surface area contributed by atoms with E-state index in [1.54, 1.807) is 18.2 Å². The van der Waals surface area contributed by atoms with Crippen molar-refractivity contribution >= 4 is 40.3 Å². The Bertz CT molecular complexity index is 1200. The molecule has 1 aliphatic rings. The van der Waals surface area contributed by atoms with Crippen LogP contribution in [0.2, 0.25) is 5.02 Å². The van der Waals surface area contributed by atoms with Gasteiger partial charge in [-0.2, -0.15) is 0 Å². The van der Waals surface area contributed by atoms with Crippen LogP contribution in [0.25, 0.3) is 16.8 Å². The molecule has 1 heterocycles. The summed E-state index contributed by atoms with van der Waals surface area (Å²) in [7, 11) is 1.54. The zero-order valence-electron chi connectivity index (χ0n) is 16.8. The van der Waals surface area contributed by atoms with Gasteiger partial charge < -0.3 is 14.2 Å². The van der Waals surface area contributed by atoms with Crippen LogP contribution < -0.4 is 9.47 Å². The first-order chi connectivity index (χ1) is 14.4. The number of halogens is 1. The number of carbonyl (C=O) groups is 1. The molecule has 5 nitrogen and oxygen atoms in total. The standard InChI is InChI=1S/C24H20ClNO4/c1-14(2)29-22-19(25)10-15(12-21(22)28-3)11-20-24(27)30-23(26-20)18-9-8-16-6-4-5-7-17(16)13-18/h4-14H,1-3H3/b20-11-. The number of cyclic esters (lactones) is 1. The van der Waals surface area contributed by atoms with Crippen molar-refractivity contribution in [2.24, 2.45) is 4.99 Å². The average Bonchev–Trinajstić information content (AvgIpc) is 3.09. The Morgan fingerprint density at radius 1 is 1.07 bits per heavy atom. The van der Waals surface area contributed by atoms with Gasteiger partial charge in [-0.3, -0.25) is 0 Å². The van der Waals surface area contributed by atoms with Gasteiger partial charge in [0.05, 0.1) is 18.2 Å². The molecule has 0 amide bonds. The van der Waals surface area contributed by atoms with Gasteiger partial charge in [0.2, 0.25) is 5.90 Å². The maximum Gasteiger partial charge on any atom is 0.363 e. The third-order valence-electron chi connectivity index (χ3n) is 4.53. The Morgan fingerprint density at radius 3 is 2.57 bits per heavy atom. The summed E-state index contributed by atoms with van der Waals surface area (Å²) in [5.41, 5.74) is 1.58. The maximum absolute atomic E-state index is 12.4. The van der Waals surface area contributed by atoms with Crippen LogP contribution in [0.4, 0.5) is 0 Å². The third kappa shape index (κ3) is 4.02. The number of nitrogens with zero attached hydrogens (tertiary/aromatic N) is 1. The number of ether oxygens (including phenoxy) is 3. The van der Waals surface area contributed by atoms with Crippen LogP contribution >= 0.6 is 11.6 Å². The molecule has 0 N–H and O–H groups in total. The van der Waals surface area contributed by atoms with Gasteiger partial charge in [0.1, 0.15) is 0 Å². The third-order valence-corrected chi connectivity index (χ3v) is 4.81. The van der Waals surface area contributed by atoms with Crippen molar-refractivity contribution in [3.8, 4) is 11.5 Å². The molecule has 0 saturated heterocycles. The summed E-state index contributed by atoms with van der Waals surface area (Å²) in [6, 6.07) is 17.2. The fraction of sp³-hybridized carbons (Fsp3) is 0.167. The summed E-state index contributed by atoms with van der Waals surface area (Å²) in [6.07, 6.45) is 1.56. The highest BCUT2D eigenvalue weighted by atomic mass is 35.5. The van der Waals surface area contributed by atoms with Crippen molar-refractivity contribution in [3.63, 3.8) is 0 Å². The SMILES string of the molecule is COc1cc(/C=C2\N=C(c3ccc4ccccc4c3)OC2=O)cc(Cl)c1OC(C)C. The zero-order valence-corrected chi connectivity index (χ0v) is 17.6. The van der Waals surface area contributed by atoms with E-state index in [4.69, 9.17) is 25.8 Å². The normalized spacial score (nSPS) is 14.9. The fourth-order valence-electron chi connectivity index (χ4n) is 3.19. The van der Waals surface area contributed by atoms with Gasteiger partial charge in [0.15, 0.2) is 17.2 Å². The van der Waals surface area contributed by atoms with Gasteiger partial charge in [-0.25, -0.2) is 9.79 Å². The number of benzene rings is 3. The zero-order chi connectivity index (χ0) is 21.3. The highest BCUT2D eigenvalue weighted by Crippen LogP contribution is 2.38. The van der Waals surface area contributed by atoms with Gasteiger partial charge in [-0.1, -0.05) is 41.9 Å². The molecule has 0 aliphatic carbocycles. The fourth-order valence-corrected chi connectivity index (χ4v) is 3.45. The monoisotopic (exact) mass is 421 g/mol. The summed E-state index contributed by atoms with van der Waals surface area (Å²) in [6.45, 7) is 3.81. The van der Waals surface area contributed by atoms with E-state index in [2.05, 4.69) is 4.99 Å². The van der Waals surface area contributed by atoms with Crippen molar-refractivity contribution in [2.45, 2.75) is 20.0 Å². The Hall–Kier alpha value is -3.31. The van der Waals surface area contributed by atoms with Crippen LogP contribution in [0.5, 0.6) is 11.5 Å². The molecular weight excluding hydrogens is 402 g/mol. The molecule has 3 aromatic carbocycles. The second-order valence-corrected chi connectivity index (χ2v) is 7.51. The van der Waals surface area contributed by atoms with Crippen LogP contribution in [0, 0.1) is 0 Å². The number of methoxy groups -OCH3 is 1. The Labute approximate surface area is 179 Å². The second-order valence-electron chi connectivity index (χ2n) is 7.10. The van der Waals surface area contributed by atoms with Crippen molar-refractivity contribution in [1.29, 1.82) is 0 Å². The topological polar surface area (TPSA) is 57.1 Å². The molecule has 1 aliphatic heterocycles. The quantitative estimate of drug-likeness (QED) is 0.395. The van der Waals surface area contributed by atoms with Crippen molar-refractivity contribution in [3.05, 3.63) is 76.4 Å². The lowest BCUT2D eigenvalue weighted by molar-refractivity contribution is -0.129. The highest BCUT2D eigenvalue weighted by Gasteiger charge is 2.25. The van der Waals surface area contributed by atoms with Gasteiger partial charge in [-0.15, -0.1) is 0 Å². The molecule has 4 rings (SSSR count). The lowest BCUT2D eigenvalue weighted by Gasteiger charge is -2.15. The smallest absolute Gasteiger partial charge is 0.363 e. The minimum Gasteiger partial charge on any atom is -0.493 e. The van der Waals surface area contributed by atoms with E-state index in [0.717, 1.165) is 16.3 Å². The van der Waals surface area contributed by atoms with Gasteiger partial charge in [0, 0.05) is 5.56 Å². The Morgan fingerprint density at radius 2 is 1.83 bits per heavy atom. The largest absolute Gasteiger partial charge is 0.493 e. The molecule has 0 saturated carbocycles. The van der Waals surface area contributed by atoms with Crippen LogP contribution in [0.3, 0.4) is 0 Å². The van der Waals surface area contributed by atoms with E-state index in [0.29, 0.717) is 22.1 Å². The van der Waals surface area contributed by atoms with E-state index >= 15 is 0 Å². The number of hydrogen-bond acceptors (Lipinski definition) is 5. The molecule has 152 valence electrons. The maximum atomic E-state index is 12.4. The summed E-state index contributed by atoms with van der Waals surface area (Å²) in [5.74, 6) is 0.699. The van der Waals surface area contributed by atoms with Crippen LogP contribution in [-0.2, 0) is 9.53 Å². The van der Waals surface area contributed by atoms with Crippen LogP contribution in [-0.4, -0.2) is 25.1 Å². The lowest BCUT2D eigenvalue weighted by atomic mass is 10.1. The summed E-state index contributed by atoms with van der Waals surface area (Å²) >= 11 is 6.37. The van der Waals surface area contributed by atoms with E-state index in [-0.39, 0.29) is 17.7 Å². The molecule has 0 fully saturated rings. The molecule has 0 atom stereocenters. The number of hydrogen-bond donors (Lipinski definition) is 0. The number of carbonyl (C=O) groups excluding carboxylic acids is 1. The van der Waals surface area contributed by atoms with Crippen molar-refractivity contribution < 1.29 is 19.0 Å². The molecule has 3 aromatic rings. The number of fused-ring (bicyclic) bond motifs is 1. The molecule has 6 heteroatoms. The van der Waals surface area contributed by atoms with E-state index in [9.17, 15) is 4.79 Å². The average molecular weight is 422 g/mol. The molecule has 30 heavy (non-hydrogen) atoms. The van der Waals surface area contributed by atoms with Gasteiger partial charge >= 0.3 is 5.97 Å². The molecular formula is C24H20ClNO4. The lowest BCUT2D eigenvalue weighted by Crippen LogP contribution is -2.07. The van der Waals surface area contributed by atoms with E-state index in [1.807, 2.05) is 56.3 Å². The minimum atomic E-state index is -0.518. The highest BCUT2D eigenvalue weighted by molar-refractivity contribution is 6.32. The minimum absolute atomic E-state index is 0.0560. The first-order valence-electron chi connectivity index (χ1n) is 9.50. The number of rotatable bonds is 5. The first-order valence-corrected chi connectivity index (χ1v) is 9.88. The molecule has 0 radical (unpaired) electrons. The summed E-state index contributed by atoms with van der Waals surface area (Å²) < 4.78 is 16.5. The predicted molar refractivity (Wildman–Crippen MR) is 118 cm³/mol. The Balaban J connectivity index is 1.68. The first kappa shape index (κ1) is 20.0. The van der Waals surface area contributed by atoms with Crippen LogP contribution in [0.1, 0.15) is 25.0 Å². The molecule has 0 spiro atoms. The summed E-state index contributed by atoms with van der Waals surface area (Å²) in [5, 5.41) is 2.54. The number of aliphatic imine (C=N–C) groups is 1. The van der Waals surface area contributed by atoms with Crippen molar-refractivity contribution in [1.82, 2.24) is 0 Å². The van der Waals surface area contributed by atoms with Crippen LogP contribution in [0.15, 0.2) is 65.3 Å². The van der Waals surface area contributed by atoms with Crippen molar-refractivity contribution in [2.75, 3.05) is 7.11 Å². The molecule has 0 unspecified atom stereocenters. The van der Waals surface area contributed by atoms with E-state index < -0.39 is 5.97 Å². The van der Waals surface area contributed by atoms with Gasteiger partial charge in [0.25, 0.3) is 0 Å². The van der Waals surface area contributed by atoms with E-state index in [1.165, 1.54) is 7.11 Å².